The summed E-state index contributed by atoms with van der Waals surface area (Å²) in [7, 11) is 0. The number of alkyl halides is 3. The normalized spacial score (nSPS) is 11.2. The number of nitrogens with one attached hydrogen (secondary N) is 1. The summed E-state index contributed by atoms with van der Waals surface area (Å²) in [5.74, 6) is 1.08. The van der Waals surface area contributed by atoms with Crippen LogP contribution in [0.2, 0.25) is 5.02 Å². The van der Waals surface area contributed by atoms with Crippen molar-refractivity contribution in [3.63, 3.8) is 0 Å². The third kappa shape index (κ3) is 4.02. The monoisotopic (exact) mass is 424 g/mol. The molecule has 29 heavy (non-hydrogen) atoms. The first-order valence-electron chi connectivity index (χ1n) is 7.78. The van der Waals surface area contributed by atoms with Gasteiger partial charge < -0.3 is 9.72 Å². The summed E-state index contributed by atoms with van der Waals surface area (Å²) in [5.41, 5.74) is -5.15. The molecule has 148 valence electrons. The van der Waals surface area contributed by atoms with E-state index in [1.807, 2.05) is 0 Å². The molecule has 0 bridgehead atoms. The van der Waals surface area contributed by atoms with Crippen LogP contribution < -0.4 is 16.0 Å². The Kier molecular flexibility index (Phi) is 5.22. The van der Waals surface area contributed by atoms with Gasteiger partial charge in [0.2, 0.25) is 0 Å². The van der Waals surface area contributed by atoms with Gasteiger partial charge in [-0.15, -0.1) is 6.42 Å². The van der Waals surface area contributed by atoms with E-state index in [9.17, 15) is 27.2 Å². The second-order valence-electron chi connectivity index (χ2n) is 5.64. The molecule has 0 fully saturated rings. The summed E-state index contributed by atoms with van der Waals surface area (Å²) in [4.78, 5) is 25.7. The molecule has 3 rings (SSSR count). The second-order valence-corrected chi connectivity index (χ2v) is 6.04. The summed E-state index contributed by atoms with van der Waals surface area (Å²) in [6.45, 7) is 0. The molecule has 3 aromatic rings. The molecule has 0 saturated heterocycles. The van der Waals surface area contributed by atoms with Crippen molar-refractivity contribution in [1.29, 1.82) is 0 Å². The molecular formula is C19H9ClF4N2O3. The maximum atomic E-state index is 14.5. The van der Waals surface area contributed by atoms with Crippen LogP contribution in [-0.4, -0.2) is 9.55 Å². The maximum absolute atomic E-state index is 14.5. The quantitative estimate of drug-likeness (QED) is 0.508. The molecule has 0 aliphatic rings. The molecular weight excluding hydrogens is 416 g/mol. The van der Waals surface area contributed by atoms with Crippen LogP contribution in [0.5, 0.6) is 11.5 Å². The lowest BCUT2D eigenvalue weighted by Gasteiger charge is -2.13. The molecule has 0 amide bonds. The van der Waals surface area contributed by atoms with Gasteiger partial charge in [-0.1, -0.05) is 29.7 Å². The Morgan fingerprint density at radius 1 is 1.10 bits per heavy atom. The molecule has 0 atom stereocenters. The van der Waals surface area contributed by atoms with Crippen LogP contribution in [0, 0.1) is 18.2 Å². The molecule has 0 unspecified atom stereocenters. The van der Waals surface area contributed by atoms with Crippen molar-refractivity contribution in [2.24, 2.45) is 0 Å². The lowest BCUT2D eigenvalue weighted by atomic mass is 10.1. The smallest absolute Gasteiger partial charge is 0.431 e. The van der Waals surface area contributed by atoms with E-state index in [0.29, 0.717) is 0 Å². The van der Waals surface area contributed by atoms with E-state index in [2.05, 4.69) is 5.92 Å². The zero-order valence-electron chi connectivity index (χ0n) is 14.2. The van der Waals surface area contributed by atoms with Crippen molar-refractivity contribution in [2.45, 2.75) is 6.18 Å². The van der Waals surface area contributed by atoms with E-state index in [1.54, 1.807) is 12.1 Å². The number of benzene rings is 2. The molecule has 0 aliphatic heterocycles. The van der Waals surface area contributed by atoms with E-state index in [4.69, 9.17) is 22.8 Å². The number of terminal acetylenes is 1. The number of hydrogen-bond acceptors (Lipinski definition) is 3. The standard InChI is InChI=1S/C19H9ClF4N2O3/c1-2-10-7-12(21)13(8-15(10)29-14-6-4-3-5-11(14)20)26-17(27)9-16(19(22,23)24)25-18(26)28/h1,3-9H,(H,25,28). The zero-order valence-corrected chi connectivity index (χ0v) is 14.9. The van der Waals surface area contributed by atoms with E-state index in [-0.39, 0.29) is 32.7 Å². The maximum Gasteiger partial charge on any atom is 0.431 e. The van der Waals surface area contributed by atoms with Gasteiger partial charge in [0.15, 0.2) is 0 Å². The first-order valence-corrected chi connectivity index (χ1v) is 8.16. The van der Waals surface area contributed by atoms with Crippen LogP contribution in [0.4, 0.5) is 17.6 Å². The first-order chi connectivity index (χ1) is 13.6. The highest BCUT2D eigenvalue weighted by atomic mass is 35.5. The first kappa shape index (κ1) is 20.2. The molecule has 0 radical (unpaired) electrons. The minimum atomic E-state index is -4.96. The van der Waals surface area contributed by atoms with Gasteiger partial charge >= 0.3 is 11.9 Å². The number of halogens is 5. The molecule has 1 heterocycles. The highest BCUT2D eigenvalue weighted by Gasteiger charge is 2.33. The van der Waals surface area contributed by atoms with Crippen molar-refractivity contribution < 1.29 is 22.3 Å². The van der Waals surface area contributed by atoms with E-state index in [0.717, 1.165) is 12.1 Å². The Morgan fingerprint density at radius 3 is 2.38 bits per heavy atom. The van der Waals surface area contributed by atoms with Crippen LogP contribution in [0.1, 0.15) is 11.3 Å². The summed E-state index contributed by atoms with van der Waals surface area (Å²) in [6, 6.07) is 8.12. The Morgan fingerprint density at radius 2 is 1.79 bits per heavy atom. The van der Waals surface area contributed by atoms with Crippen LogP contribution >= 0.6 is 11.6 Å². The molecule has 5 nitrogen and oxygen atoms in total. The summed E-state index contributed by atoms with van der Waals surface area (Å²) in [6.07, 6.45) is 0.380. The van der Waals surface area contributed by atoms with Crippen molar-refractivity contribution in [3.8, 4) is 29.5 Å². The highest BCUT2D eigenvalue weighted by molar-refractivity contribution is 6.32. The van der Waals surface area contributed by atoms with Crippen molar-refractivity contribution in [2.75, 3.05) is 0 Å². The molecule has 10 heteroatoms. The predicted molar refractivity (Wildman–Crippen MR) is 97.1 cm³/mol. The number of rotatable bonds is 3. The van der Waals surface area contributed by atoms with Crippen molar-refractivity contribution in [3.05, 3.63) is 85.4 Å². The third-order valence-electron chi connectivity index (χ3n) is 3.74. The average molecular weight is 425 g/mol. The molecule has 1 N–H and O–H groups in total. The van der Waals surface area contributed by atoms with Crippen LogP contribution in [-0.2, 0) is 6.18 Å². The Hall–Kier alpha value is -3.51. The minimum Gasteiger partial charge on any atom is -0.454 e. The van der Waals surface area contributed by atoms with Gasteiger partial charge in [0, 0.05) is 12.1 Å². The summed E-state index contributed by atoms with van der Waals surface area (Å²) in [5, 5.41) is 0.200. The molecule has 0 saturated carbocycles. The molecule has 2 aromatic carbocycles. The second kappa shape index (κ2) is 7.48. The highest BCUT2D eigenvalue weighted by Crippen LogP contribution is 2.33. The fraction of sp³-hybridized carbons (Fsp3) is 0.0526. The van der Waals surface area contributed by atoms with Crippen molar-refractivity contribution in [1.82, 2.24) is 9.55 Å². The largest absolute Gasteiger partial charge is 0.454 e. The topological polar surface area (TPSA) is 64.1 Å². The van der Waals surface area contributed by atoms with E-state index < -0.39 is 34.6 Å². The molecule has 0 spiro atoms. The lowest BCUT2D eigenvalue weighted by Crippen LogP contribution is -2.36. The van der Waals surface area contributed by atoms with Gasteiger partial charge in [-0.2, -0.15) is 13.2 Å². The Labute approximate surface area is 165 Å². The lowest BCUT2D eigenvalue weighted by molar-refractivity contribution is -0.141. The minimum absolute atomic E-state index is 0.0671. The van der Waals surface area contributed by atoms with Crippen LogP contribution in [0.3, 0.4) is 0 Å². The summed E-state index contributed by atoms with van der Waals surface area (Å²) >= 11 is 6.00. The number of nitrogens with zero attached hydrogens (tertiary/aromatic N) is 1. The SMILES string of the molecule is C#Cc1cc(F)c(-n2c(=O)cc(C(F)(F)F)[nH]c2=O)cc1Oc1ccccc1Cl. The zero-order chi connectivity index (χ0) is 21.3. The number of ether oxygens (including phenoxy) is 1. The summed E-state index contributed by atoms with van der Waals surface area (Å²) < 4.78 is 58.5. The fourth-order valence-electron chi connectivity index (χ4n) is 2.43. The third-order valence-corrected chi connectivity index (χ3v) is 4.05. The van der Waals surface area contributed by atoms with Gasteiger partial charge in [0.05, 0.1) is 16.3 Å². The number of para-hydroxylation sites is 1. The number of aromatic amines is 1. The van der Waals surface area contributed by atoms with E-state index in [1.165, 1.54) is 17.1 Å². The Bertz CT molecular complexity index is 1220. The van der Waals surface area contributed by atoms with Gasteiger partial charge in [0.1, 0.15) is 23.0 Å². The van der Waals surface area contributed by atoms with Gasteiger partial charge in [-0.3, -0.25) is 4.79 Å². The number of hydrogen-bond donors (Lipinski definition) is 1. The molecule has 0 aliphatic carbocycles. The van der Waals surface area contributed by atoms with E-state index >= 15 is 0 Å². The van der Waals surface area contributed by atoms with Gasteiger partial charge in [0.25, 0.3) is 5.56 Å². The Balaban J connectivity index is 2.20. The number of aromatic nitrogens is 2. The van der Waals surface area contributed by atoms with Gasteiger partial charge in [-0.25, -0.2) is 13.8 Å². The van der Waals surface area contributed by atoms with Crippen LogP contribution in [0.15, 0.2) is 52.1 Å². The molecule has 1 aromatic heterocycles. The average Bonchev–Trinajstić information content (AvgIpc) is 2.64. The predicted octanol–water partition coefficient (Wildman–Crippen LogP) is 4.11. The van der Waals surface area contributed by atoms with Crippen LogP contribution in [0.25, 0.3) is 5.69 Å². The van der Waals surface area contributed by atoms with Gasteiger partial charge in [-0.05, 0) is 18.2 Å². The fourth-order valence-corrected chi connectivity index (χ4v) is 2.61. The van der Waals surface area contributed by atoms with Crippen molar-refractivity contribution >= 4 is 11.6 Å². The number of H-pyrrole nitrogens is 1.